The zero-order valence-corrected chi connectivity index (χ0v) is 20.0. The van der Waals surface area contributed by atoms with Crippen molar-refractivity contribution in [3.05, 3.63) is 52.1 Å². The Morgan fingerprint density at radius 1 is 1.12 bits per heavy atom. The molecule has 32 heavy (non-hydrogen) atoms. The molecule has 5 rings (SSSR count). The number of methoxy groups -OCH3 is 1. The quantitative estimate of drug-likeness (QED) is 0.754. The number of ether oxygens (including phenoxy) is 1. The van der Waals surface area contributed by atoms with E-state index in [0.29, 0.717) is 23.3 Å². The van der Waals surface area contributed by atoms with Crippen molar-refractivity contribution in [2.45, 2.75) is 89.5 Å². The number of aryl methyl sites for hydroxylation is 2. The maximum Gasteiger partial charge on any atom is 0.255 e. The number of carbonyl (C=O) groups is 1. The summed E-state index contributed by atoms with van der Waals surface area (Å²) >= 11 is 0. The highest BCUT2D eigenvalue weighted by molar-refractivity contribution is 5.97. The fourth-order valence-electron chi connectivity index (χ4n) is 6.97. The van der Waals surface area contributed by atoms with E-state index in [1.807, 2.05) is 13.1 Å². The lowest BCUT2D eigenvalue weighted by Crippen LogP contribution is -2.52. The second-order valence-electron chi connectivity index (χ2n) is 10.9. The average Bonchev–Trinajstić information content (AvgIpc) is 3.26. The number of rotatable bonds is 3. The highest BCUT2D eigenvalue weighted by Gasteiger charge is 2.53. The molecule has 1 heterocycles. The van der Waals surface area contributed by atoms with Crippen LogP contribution in [0.3, 0.4) is 0 Å². The van der Waals surface area contributed by atoms with Gasteiger partial charge >= 0.3 is 0 Å². The van der Waals surface area contributed by atoms with Crippen molar-refractivity contribution in [3.63, 3.8) is 0 Å². The minimum Gasteiger partial charge on any atom is -0.496 e. The lowest BCUT2D eigenvalue weighted by molar-refractivity contribution is 0.0933. The van der Waals surface area contributed by atoms with Crippen molar-refractivity contribution in [2.75, 3.05) is 7.11 Å². The van der Waals surface area contributed by atoms with Gasteiger partial charge in [0.25, 0.3) is 5.91 Å². The number of nitrogens with zero attached hydrogens (tertiary/aromatic N) is 2. The monoisotopic (exact) mass is 433 g/mol. The Kier molecular flexibility index (Phi) is 5.06. The van der Waals surface area contributed by atoms with E-state index in [9.17, 15) is 4.79 Å². The molecule has 1 amide bonds. The largest absolute Gasteiger partial charge is 0.496 e. The van der Waals surface area contributed by atoms with Crippen molar-refractivity contribution < 1.29 is 9.53 Å². The van der Waals surface area contributed by atoms with E-state index in [4.69, 9.17) is 9.72 Å². The van der Waals surface area contributed by atoms with Crippen LogP contribution in [-0.4, -0.2) is 29.0 Å². The summed E-state index contributed by atoms with van der Waals surface area (Å²) in [6.45, 7) is 9.04. The summed E-state index contributed by atoms with van der Waals surface area (Å²) in [7, 11) is 1.67. The predicted molar refractivity (Wildman–Crippen MR) is 125 cm³/mol. The molecule has 0 aliphatic heterocycles. The lowest BCUT2D eigenvalue weighted by Gasteiger charge is -2.54. The fourth-order valence-corrected chi connectivity index (χ4v) is 6.97. The van der Waals surface area contributed by atoms with Crippen molar-refractivity contribution in [1.82, 2.24) is 15.3 Å². The molecule has 5 nitrogen and oxygen atoms in total. The van der Waals surface area contributed by atoms with Crippen molar-refractivity contribution in [1.29, 1.82) is 0 Å². The maximum absolute atomic E-state index is 13.1. The third kappa shape index (κ3) is 3.23. The summed E-state index contributed by atoms with van der Waals surface area (Å²) in [5.41, 5.74) is 5.64. The normalized spacial score (nSPS) is 26.1. The van der Waals surface area contributed by atoms with Crippen LogP contribution in [0, 0.1) is 12.8 Å². The number of benzene rings is 1. The van der Waals surface area contributed by atoms with Crippen molar-refractivity contribution >= 4 is 5.91 Å². The van der Waals surface area contributed by atoms with E-state index in [0.717, 1.165) is 37.9 Å². The molecule has 170 valence electrons. The SMILES string of the molecule is COc1cc2c(cc1C(=O)NC1CCCC1)CCC1C(C)(C)c3nc(C)ncc3C[C@]21C. The van der Waals surface area contributed by atoms with Gasteiger partial charge in [0.2, 0.25) is 0 Å². The van der Waals surface area contributed by atoms with Gasteiger partial charge in [0.1, 0.15) is 11.6 Å². The molecule has 0 spiro atoms. The molecular weight excluding hydrogens is 398 g/mol. The van der Waals surface area contributed by atoms with Crippen LogP contribution in [0.15, 0.2) is 18.3 Å². The summed E-state index contributed by atoms with van der Waals surface area (Å²) in [4.78, 5) is 22.5. The average molecular weight is 434 g/mol. The van der Waals surface area contributed by atoms with Gasteiger partial charge in [-0.15, -0.1) is 0 Å². The first-order valence-corrected chi connectivity index (χ1v) is 12.1. The van der Waals surface area contributed by atoms with Crippen LogP contribution < -0.4 is 10.1 Å². The molecular formula is C27H35N3O2. The summed E-state index contributed by atoms with van der Waals surface area (Å²) in [6.07, 6.45) is 9.57. The number of amides is 1. The van der Waals surface area contributed by atoms with Crippen LogP contribution in [0.4, 0.5) is 0 Å². The van der Waals surface area contributed by atoms with E-state index in [1.165, 1.54) is 35.2 Å². The number of hydrogen-bond acceptors (Lipinski definition) is 4. The van der Waals surface area contributed by atoms with E-state index < -0.39 is 0 Å². The summed E-state index contributed by atoms with van der Waals surface area (Å²) < 4.78 is 5.77. The molecule has 1 saturated carbocycles. The molecule has 5 heteroatoms. The zero-order valence-electron chi connectivity index (χ0n) is 20.0. The van der Waals surface area contributed by atoms with Crippen molar-refractivity contribution in [3.8, 4) is 5.75 Å². The first-order chi connectivity index (χ1) is 15.2. The zero-order chi connectivity index (χ0) is 22.7. The van der Waals surface area contributed by atoms with E-state index in [-0.39, 0.29) is 16.7 Å². The highest BCUT2D eigenvalue weighted by Crippen LogP contribution is 2.56. The summed E-state index contributed by atoms with van der Waals surface area (Å²) in [5.74, 6) is 2.00. The van der Waals surface area contributed by atoms with Gasteiger partial charge in [0.15, 0.2) is 0 Å². The van der Waals surface area contributed by atoms with Crippen LogP contribution >= 0.6 is 0 Å². The molecule has 0 saturated heterocycles. The van der Waals surface area contributed by atoms with E-state index >= 15 is 0 Å². The maximum atomic E-state index is 13.1. The highest BCUT2D eigenvalue weighted by atomic mass is 16.5. The van der Waals surface area contributed by atoms with Crippen LogP contribution in [0.1, 0.15) is 91.4 Å². The Morgan fingerprint density at radius 3 is 2.59 bits per heavy atom. The van der Waals surface area contributed by atoms with Crippen LogP contribution in [-0.2, 0) is 23.7 Å². The molecule has 1 fully saturated rings. The van der Waals surface area contributed by atoms with Gasteiger partial charge < -0.3 is 10.1 Å². The first kappa shape index (κ1) is 21.4. The molecule has 3 aliphatic carbocycles. The summed E-state index contributed by atoms with van der Waals surface area (Å²) in [6, 6.07) is 4.55. The molecule has 2 atom stereocenters. The van der Waals surface area contributed by atoms with Gasteiger partial charge in [-0.3, -0.25) is 4.79 Å². The van der Waals surface area contributed by atoms with E-state index in [1.54, 1.807) is 7.11 Å². The third-order valence-electron chi connectivity index (χ3n) is 8.47. The Bertz CT molecular complexity index is 1070. The fraction of sp³-hybridized carbons (Fsp3) is 0.593. The molecule has 3 aliphatic rings. The minimum atomic E-state index is -0.0452. The predicted octanol–water partition coefficient (Wildman–Crippen LogP) is 4.82. The van der Waals surface area contributed by atoms with Crippen LogP contribution in [0.5, 0.6) is 5.75 Å². The van der Waals surface area contributed by atoms with E-state index in [2.05, 4.69) is 43.2 Å². The Labute approximate surface area is 191 Å². The smallest absolute Gasteiger partial charge is 0.255 e. The number of nitrogens with one attached hydrogen (secondary N) is 1. The second kappa shape index (κ2) is 7.57. The first-order valence-electron chi connectivity index (χ1n) is 12.1. The lowest BCUT2D eigenvalue weighted by atomic mass is 9.50. The van der Waals surface area contributed by atoms with Gasteiger partial charge in [0.05, 0.1) is 18.4 Å². The van der Waals surface area contributed by atoms with Gasteiger partial charge in [-0.05, 0) is 73.8 Å². The third-order valence-corrected chi connectivity index (χ3v) is 8.47. The second-order valence-corrected chi connectivity index (χ2v) is 10.9. The number of carbonyl (C=O) groups excluding carboxylic acids is 1. The molecule has 2 aromatic rings. The standard InChI is InChI=1S/C27H35N3O2/c1-16-28-15-18-14-27(4)21-13-22(32-5)20(25(31)30-19-8-6-7-9-19)12-17(21)10-11-23(27)26(2,3)24(18)29-16/h12-13,15,19,23H,6-11,14H2,1-5H3,(H,30,31)/t23?,27-/m1/s1. The van der Waals surface area contributed by atoms with Gasteiger partial charge in [-0.2, -0.15) is 0 Å². The topological polar surface area (TPSA) is 64.1 Å². The Hall–Kier alpha value is -2.43. The molecule has 0 bridgehead atoms. The molecule has 1 aromatic heterocycles. The van der Waals surface area contributed by atoms with Gasteiger partial charge in [0, 0.05) is 23.1 Å². The number of hydrogen-bond donors (Lipinski definition) is 1. The minimum absolute atomic E-state index is 0.00187. The number of fused-ring (bicyclic) bond motifs is 4. The number of aromatic nitrogens is 2. The molecule has 1 unspecified atom stereocenters. The van der Waals surface area contributed by atoms with Crippen LogP contribution in [0.25, 0.3) is 0 Å². The van der Waals surface area contributed by atoms with Crippen molar-refractivity contribution in [2.24, 2.45) is 5.92 Å². The molecule has 1 N–H and O–H groups in total. The Balaban J connectivity index is 1.57. The van der Waals surface area contributed by atoms with Gasteiger partial charge in [-0.1, -0.05) is 33.6 Å². The molecule has 1 aromatic carbocycles. The molecule has 0 radical (unpaired) electrons. The van der Waals surface area contributed by atoms with Crippen LogP contribution in [0.2, 0.25) is 0 Å². The summed E-state index contributed by atoms with van der Waals surface area (Å²) in [5, 5.41) is 3.24. The van der Waals surface area contributed by atoms with Gasteiger partial charge in [-0.25, -0.2) is 9.97 Å². The Morgan fingerprint density at radius 2 is 1.88 bits per heavy atom.